The average molecular weight is 265 g/mol. The first-order valence-corrected chi connectivity index (χ1v) is 5.83. The van der Waals surface area contributed by atoms with Gasteiger partial charge in [0.2, 0.25) is 5.76 Å². The summed E-state index contributed by atoms with van der Waals surface area (Å²) in [6.07, 6.45) is 3.85. The Hall–Kier alpha value is -2.38. The standard InChI is InChI=1S/C11H15N5O3/c1-8(3-4-16-7-12-6-13-16)14-11(17)9-5-10(18-2)15-19-9/h5-8H,3-4H2,1-2H3,(H,14,17)/t8-/m1/s1. The molecule has 8 nitrogen and oxygen atoms in total. The van der Waals surface area contributed by atoms with Crippen molar-refractivity contribution in [2.24, 2.45) is 0 Å². The molecule has 2 heterocycles. The van der Waals surface area contributed by atoms with E-state index in [4.69, 9.17) is 9.26 Å². The number of amides is 1. The van der Waals surface area contributed by atoms with E-state index in [1.54, 1.807) is 11.0 Å². The topological polar surface area (TPSA) is 95.1 Å². The second-order valence-corrected chi connectivity index (χ2v) is 4.06. The van der Waals surface area contributed by atoms with Gasteiger partial charge in [-0.15, -0.1) is 0 Å². The third-order valence-electron chi connectivity index (χ3n) is 2.56. The van der Waals surface area contributed by atoms with E-state index in [2.05, 4.69) is 20.6 Å². The van der Waals surface area contributed by atoms with E-state index in [9.17, 15) is 4.79 Å². The molecule has 0 spiro atoms. The maximum Gasteiger partial charge on any atom is 0.290 e. The molecule has 0 aromatic carbocycles. The van der Waals surface area contributed by atoms with Gasteiger partial charge in [-0.25, -0.2) is 4.98 Å². The Balaban J connectivity index is 1.81. The summed E-state index contributed by atoms with van der Waals surface area (Å²) in [7, 11) is 1.46. The normalized spacial score (nSPS) is 12.1. The van der Waals surface area contributed by atoms with Crippen molar-refractivity contribution in [2.45, 2.75) is 25.9 Å². The largest absolute Gasteiger partial charge is 0.479 e. The van der Waals surface area contributed by atoms with Gasteiger partial charge in [0.15, 0.2) is 0 Å². The number of hydrogen-bond donors (Lipinski definition) is 1. The van der Waals surface area contributed by atoms with Gasteiger partial charge in [0.1, 0.15) is 12.7 Å². The molecule has 19 heavy (non-hydrogen) atoms. The van der Waals surface area contributed by atoms with Crippen LogP contribution in [0.1, 0.15) is 23.9 Å². The van der Waals surface area contributed by atoms with E-state index in [0.29, 0.717) is 6.54 Å². The number of nitrogens with one attached hydrogen (secondary N) is 1. The van der Waals surface area contributed by atoms with Gasteiger partial charge in [0.25, 0.3) is 11.8 Å². The SMILES string of the molecule is COc1cc(C(=O)N[C@H](C)CCn2cncn2)on1. The van der Waals surface area contributed by atoms with Crippen molar-refractivity contribution in [2.75, 3.05) is 7.11 Å². The van der Waals surface area contributed by atoms with Gasteiger partial charge in [0, 0.05) is 12.6 Å². The van der Waals surface area contributed by atoms with Gasteiger partial charge in [-0.1, -0.05) is 0 Å². The second-order valence-electron chi connectivity index (χ2n) is 4.06. The molecular weight excluding hydrogens is 250 g/mol. The van der Waals surface area contributed by atoms with Gasteiger partial charge in [-0.3, -0.25) is 9.48 Å². The van der Waals surface area contributed by atoms with E-state index < -0.39 is 0 Å². The van der Waals surface area contributed by atoms with E-state index >= 15 is 0 Å². The molecule has 0 aliphatic carbocycles. The van der Waals surface area contributed by atoms with Crippen LogP contribution in [-0.4, -0.2) is 39.0 Å². The van der Waals surface area contributed by atoms with Crippen molar-refractivity contribution < 1.29 is 14.1 Å². The number of ether oxygens (including phenoxy) is 1. The number of nitrogens with zero attached hydrogens (tertiary/aromatic N) is 4. The van der Waals surface area contributed by atoms with Gasteiger partial charge in [0.05, 0.1) is 13.2 Å². The van der Waals surface area contributed by atoms with Crippen molar-refractivity contribution in [3.8, 4) is 5.88 Å². The van der Waals surface area contributed by atoms with E-state index in [-0.39, 0.29) is 23.6 Å². The van der Waals surface area contributed by atoms with Crippen LogP contribution in [0, 0.1) is 0 Å². The Morgan fingerprint density at radius 1 is 1.63 bits per heavy atom. The fourth-order valence-corrected chi connectivity index (χ4v) is 1.50. The van der Waals surface area contributed by atoms with Crippen LogP contribution in [0.15, 0.2) is 23.2 Å². The van der Waals surface area contributed by atoms with Crippen molar-refractivity contribution in [3.05, 3.63) is 24.5 Å². The number of aromatic nitrogens is 4. The van der Waals surface area contributed by atoms with Crippen LogP contribution in [0.25, 0.3) is 0 Å². The van der Waals surface area contributed by atoms with Gasteiger partial charge >= 0.3 is 0 Å². The Bertz CT molecular complexity index is 522. The molecule has 2 rings (SSSR count). The molecule has 0 aliphatic heterocycles. The average Bonchev–Trinajstić information content (AvgIpc) is 3.07. The van der Waals surface area contributed by atoms with Gasteiger partial charge in [-0.2, -0.15) is 5.10 Å². The molecule has 0 unspecified atom stereocenters. The zero-order chi connectivity index (χ0) is 13.7. The predicted molar refractivity (Wildman–Crippen MR) is 64.6 cm³/mol. The highest BCUT2D eigenvalue weighted by Crippen LogP contribution is 2.10. The fraction of sp³-hybridized carbons (Fsp3) is 0.455. The first-order valence-electron chi connectivity index (χ1n) is 5.83. The number of carbonyl (C=O) groups is 1. The summed E-state index contributed by atoms with van der Waals surface area (Å²) in [5.74, 6) is 0.0896. The van der Waals surface area contributed by atoms with E-state index in [1.165, 1.54) is 19.5 Å². The highest BCUT2D eigenvalue weighted by atomic mass is 16.5. The Labute approximate surface area is 109 Å². The van der Waals surface area contributed by atoms with Crippen molar-refractivity contribution in [3.63, 3.8) is 0 Å². The number of carbonyl (C=O) groups excluding carboxylic acids is 1. The summed E-state index contributed by atoms with van der Waals surface area (Å²) in [5.41, 5.74) is 0. The third-order valence-corrected chi connectivity index (χ3v) is 2.56. The number of hydrogen-bond acceptors (Lipinski definition) is 6. The van der Waals surface area contributed by atoms with Gasteiger partial charge in [-0.05, 0) is 18.5 Å². The minimum atomic E-state index is -0.318. The molecule has 1 N–H and O–H groups in total. The molecule has 0 saturated carbocycles. The van der Waals surface area contributed by atoms with Crippen molar-refractivity contribution >= 4 is 5.91 Å². The smallest absolute Gasteiger partial charge is 0.290 e. The van der Waals surface area contributed by atoms with Crippen LogP contribution in [0.5, 0.6) is 5.88 Å². The Morgan fingerprint density at radius 3 is 3.11 bits per heavy atom. The summed E-state index contributed by atoms with van der Waals surface area (Å²) < 4.78 is 11.4. The quantitative estimate of drug-likeness (QED) is 0.816. The lowest BCUT2D eigenvalue weighted by Crippen LogP contribution is -2.33. The molecule has 8 heteroatoms. The minimum absolute atomic E-state index is 0.0206. The molecule has 0 bridgehead atoms. The predicted octanol–water partition coefficient (Wildman–Crippen LogP) is 0.483. The van der Waals surface area contributed by atoms with Crippen molar-refractivity contribution in [1.29, 1.82) is 0 Å². The Morgan fingerprint density at radius 2 is 2.47 bits per heavy atom. The van der Waals surface area contributed by atoms with Crippen LogP contribution in [0.2, 0.25) is 0 Å². The first-order chi connectivity index (χ1) is 9.19. The maximum absolute atomic E-state index is 11.8. The minimum Gasteiger partial charge on any atom is -0.479 e. The lowest BCUT2D eigenvalue weighted by atomic mass is 10.2. The van der Waals surface area contributed by atoms with Crippen LogP contribution in [0.3, 0.4) is 0 Å². The molecule has 0 radical (unpaired) electrons. The molecule has 2 aromatic rings. The van der Waals surface area contributed by atoms with Crippen LogP contribution in [-0.2, 0) is 6.54 Å². The highest BCUT2D eigenvalue weighted by molar-refractivity contribution is 5.91. The zero-order valence-corrected chi connectivity index (χ0v) is 10.7. The lowest BCUT2D eigenvalue weighted by molar-refractivity contribution is 0.0899. The summed E-state index contributed by atoms with van der Waals surface area (Å²) in [6, 6.07) is 1.42. The molecule has 0 fully saturated rings. The number of aryl methyl sites for hydroxylation is 1. The van der Waals surface area contributed by atoms with E-state index in [0.717, 1.165) is 6.42 Å². The molecular formula is C11H15N5O3. The summed E-state index contributed by atoms with van der Waals surface area (Å²) in [4.78, 5) is 15.7. The highest BCUT2D eigenvalue weighted by Gasteiger charge is 2.15. The zero-order valence-electron chi connectivity index (χ0n) is 10.7. The lowest BCUT2D eigenvalue weighted by Gasteiger charge is -2.12. The molecule has 0 saturated heterocycles. The third kappa shape index (κ3) is 3.54. The number of methoxy groups -OCH3 is 1. The summed E-state index contributed by atoms with van der Waals surface area (Å²) in [5, 5.41) is 10.4. The summed E-state index contributed by atoms with van der Waals surface area (Å²) >= 11 is 0. The van der Waals surface area contributed by atoms with Crippen LogP contribution in [0.4, 0.5) is 0 Å². The molecule has 0 aliphatic rings. The fourth-order valence-electron chi connectivity index (χ4n) is 1.50. The molecule has 1 atom stereocenters. The van der Waals surface area contributed by atoms with Crippen LogP contribution >= 0.6 is 0 Å². The molecule has 102 valence electrons. The van der Waals surface area contributed by atoms with E-state index in [1.807, 2.05) is 6.92 Å². The summed E-state index contributed by atoms with van der Waals surface area (Å²) in [6.45, 7) is 2.59. The molecule has 1 amide bonds. The monoisotopic (exact) mass is 265 g/mol. The van der Waals surface area contributed by atoms with Crippen LogP contribution < -0.4 is 10.1 Å². The second kappa shape index (κ2) is 5.98. The maximum atomic E-state index is 11.8. The van der Waals surface area contributed by atoms with Gasteiger partial charge < -0.3 is 14.6 Å². The number of rotatable bonds is 6. The Kier molecular flexibility index (Phi) is 4.11. The first kappa shape index (κ1) is 13.1. The molecule has 2 aromatic heterocycles. The van der Waals surface area contributed by atoms with Crippen molar-refractivity contribution in [1.82, 2.24) is 25.2 Å².